The summed E-state index contributed by atoms with van der Waals surface area (Å²) in [7, 11) is 0. The number of pyridine rings is 1. The molecule has 0 amide bonds. The van der Waals surface area contributed by atoms with Crippen molar-refractivity contribution in [3.05, 3.63) is 35.6 Å². The molecule has 0 atom stereocenters. The fraction of sp³-hybridized carbons (Fsp3) is 0.462. The van der Waals surface area contributed by atoms with E-state index in [0.29, 0.717) is 17.4 Å². The van der Waals surface area contributed by atoms with Crippen molar-refractivity contribution < 1.29 is 4.74 Å². The average Bonchev–Trinajstić information content (AvgIpc) is 2.23. The van der Waals surface area contributed by atoms with E-state index in [4.69, 9.17) is 16.3 Å². The molecule has 0 saturated heterocycles. The Kier molecular flexibility index (Phi) is 4.97. The smallest absolute Gasteiger partial charge is 0.139 e. The Balaban J connectivity index is 2.33. The van der Waals surface area contributed by atoms with Crippen molar-refractivity contribution in [3.63, 3.8) is 0 Å². The molecule has 0 aliphatic carbocycles. The highest BCUT2D eigenvalue weighted by Gasteiger charge is 2.08. The van der Waals surface area contributed by atoms with Crippen molar-refractivity contribution in [2.24, 2.45) is 0 Å². The van der Waals surface area contributed by atoms with Crippen molar-refractivity contribution in [1.29, 1.82) is 0 Å². The second kappa shape index (κ2) is 6.03. The number of hydrogen-bond acceptors (Lipinski definition) is 3. The van der Waals surface area contributed by atoms with Crippen LogP contribution < -0.4 is 10.1 Å². The highest BCUT2D eigenvalue weighted by atomic mass is 35.5. The van der Waals surface area contributed by atoms with Crippen LogP contribution in [0.3, 0.4) is 0 Å². The van der Waals surface area contributed by atoms with E-state index in [1.165, 1.54) is 0 Å². The molecule has 0 bridgehead atoms. The minimum Gasteiger partial charge on any atom is -0.488 e. The summed E-state index contributed by atoms with van der Waals surface area (Å²) in [5.74, 6) is 0.661. The number of aromatic nitrogens is 1. The van der Waals surface area contributed by atoms with Gasteiger partial charge in [-0.25, -0.2) is 0 Å². The molecule has 0 aliphatic rings. The van der Waals surface area contributed by atoms with Crippen LogP contribution in [-0.2, 0) is 0 Å². The first kappa shape index (κ1) is 14.0. The molecule has 0 radical (unpaired) electrons. The Morgan fingerprint density at radius 1 is 1.47 bits per heavy atom. The summed E-state index contributed by atoms with van der Waals surface area (Å²) in [6.07, 6.45) is 3.21. The molecule has 1 aromatic heterocycles. The first-order valence-electron chi connectivity index (χ1n) is 5.52. The molecule has 17 heavy (non-hydrogen) atoms. The van der Waals surface area contributed by atoms with Gasteiger partial charge in [0.25, 0.3) is 0 Å². The van der Waals surface area contributed by atoms with Crippen molar-refractivity contribution >= 4 is 11.6 Å². The van der Waals surface area contributed by atoms with Crippen LogP contribution in [0, 0.1) is 0 Å². The Morgan fingerprint density at radius 3 is 2.76 bits per heavy atom. The molecule has 94 valence electrons. The second-order valence-electron chi connectivity index (χ2n) is 4.98. The summed E-state index contributed by atoms with van der Waals surface area (Å²) in [5, 5.41) is 3.92. The van der Waals surface area contributed by atoms with E-state index in [-0.39, 0.29) is 5.54 Å². The largest absolute Gasteiger partial charge is 0.488 e. The quantitative estimate of drug-likeness (QED) is 0.820. The van der Waals surface area contributed by atoms with Crippen LogP contribution >= 0.6 is 11.6 Å². The molecular weight excluding hydrogens is 236 g/mol. The summed E-state index contributed by atoms with van der Waals surface area (Å²) in [6, 6.07) is 1.74. The van der Waals surface area contributed by atoms with Gasteiger partial charge in [-0.05, 0) is 26.3 Å². The number of halogens is 1. The van der Waals surface area contributed by atoms with Crippen LogP contribution in [-0.4, -0.2) is 23.7 Å². The maximum absolute atomic E-state index is 5.80. The van der Waals surface area contributed by atoms with Gasteiger partial charge in [0.2, 0.25) is 0 Å². The fourth-order valence-electron chi connectivity index (χ4n) is 1.10. The van der Waals surface area contributed by atoms with Gasteiger partial charge in [-0.1, -0.05) is 18.2 Å². The van der Waals surface area contributed by atoms with Crippen molar-refractivity contribution in [2.75, 3.05) is 13.2 Å². The third-order valence-corrected chi connectivity index (χ3v) is 2.20. The lowest BCUT2D eigenvalue weighted by Crippen LogP contribution is -2.37. The number of hydrogen-bond donors (Lipinski definition) is 1. The van der Waals surface area contributed by atoms with Gasteiger partial charge in [0, 0.05) is 24.3 Å². The Hall–Kier alpha value is -1.06. The molecule has 3 nitrogen and oxygen atoms in total. The molecule has 0 aliphatic heterocycles. The highest BCUT2D eigenvalue weighted by molar-refractivity contribution is 6.30. The van der Waals surface area contributed by atoms with E-state index >= 15 is 0 Å². The summed E-state index contributed by atoms with van der Waals surface area (Å²) >= 11 is 5.80. The molecule has 1 N–H and O–H groups in total. The first-order valence-corrected chi connectivity index (χ1v) is 5.90. The molecule has 0 saturated carbocycles. The van der Waals surface area contributed by atoms with Crippen LogP contribution in [0.1, 0.15) is 20.8 Å². The van der Waals surface area contributed by atoms with Gasteiger partial charge in [0.15, 0.2) is 0 Å². The molecule has 1 rings (SSSR count). The summed E-state index contributed by atoms with van der Waals surface area (Å²) in [5.41, 5.74) is 1.07. The second-order valence-corrected chi connectivity index (χ2v) is 5.42. The average molecular weight is 255 g/mol. The van der Waals surface area contributed by atoms with Gasteiger partial charge in [-0.3, -0.25) is 4.98 Å². The van der Waals surface area contributed by atoms with Gasteiger partial charge in [-0.2, -0.15) is 0 Å². The van der Waals surface area contributed by atoms with Gasteiger partial charge in [0.1, 0.15) is 12.4 Å². The van der Waals surface area contributed by atoms with Crippen molar-refractivity contribution in [2.45, 2.75) is 26.3 Å². The first-order chi connectivity index (χ1) is 7.87. The molecular formula is C13H19ClN2O. The lowest BCUT2D eigenvalue weighted by atomic mass is 10.1. The van der Waals surface area contributed by atoms with E-state index in [9.17, 15) is 0 Å². The van der Waals surface area contributed by atoms with Crippen molar-refractivity contribution in [1.82, 2.24) is 10.3 Å². The van der Waals surface area contributed by atoms with Gasteiger partial charge < -0.3 is 10.1 Å². The number of nitrogens with one attached hydrogen (secondary N) is 1. The summed E-state index contributed by atoms with van der Waals surface area (Å²) in [6.45, 7) is 11.5. The molecule has 0 fully saturated rings. The minimum atomic E-state index is 0.0839. The van der Waals surface area contributed by atoms with Gasteiger partial charge in [-0.15, -0.1) is 0 Å². The van der Waals surface area contributed by atoms with Crippen LogP contribution in [0.2, 0.25) is 5.02 Å². The maximum Gasteiger partial charge on any atom is 0.139 e. The van der Waals surface area contributed by atoms with Crippen molar-refractivity contribution in [3.8, 4) is 5.75 Å². The summed E-state index contributed by atoms with van der Waals surface area (Å²) in [4.78, 5) is 3.95. The molecule has 0 spiro atoms. The SMILES string of the molecule is C=C(CNC(C)(C)C)COc1cncc(Cl)c1. The number of rotatable bonds is 5. The molecule has 4 heteroatoms. The predicted molar refractivity (Wildman–Crippen MR) is 71.6 cm³/mol. The fourth-order valence-corrected chi connectivity index (χ4v) is 1.26. The van der Waals surface area contributed by atoms with E-state index < -0.39 is 0 Å². The molecule has 0 aromatic carbocycles. The predicted octanol–water partition coefficient (Wildman–Crippen LogP) is 3.06. The zero-order valence-corrected chi connectivity index (χ0v) is 11.3. The van der Waals surface area contributed by atoms with Crippen LogP contribution in [0.5, 0.6) is 5.75 Å². The van der Waals surface area contributed by atoms with Gasteiger partial charge in [0.05, 0.1) is 11.2 Å². The topological polar surface area (TPSA) is 34.1 Å². The van der Waals surface area contributed by atoms with E-state index in [2.05, 4.69) is 37.7 Å². The maximum atomic E-state index is 5.80. The third-order valence-electron chi connectivity index (χ3n) is 1.99. The standard InChI is InChI=1S/C13H19ClN2O/c1-10(6-16-13(2,3)4)9-17-12-5-11(14)7-15-8-12/h5,7-8,16H,1,6,9H2,2-4H3. The lowest BCUT2D eigenvalue weighted by Gasteiger charge is -2.21. The van der Waals surface area contributed by atoms with Crippen LogP contribution in [0.4, 0.5) is 0 Å². The lowest BCUT2D eigenvalue weighted by molar-refractivity contribution is 0.340. The van der Waals surface area contributed by atoms with E-state index in [0.717, 1.165) is 12.1 Å². The van der Waals surface area contributed by atoms with E-state index in [1.54, 1.807) is 18.5 Å². The third kappa shape index (κ3) is 6.29. The molecule has 1 aromatic rings. The highest BCUT2D eigenvalue weighted by Crippen LogP contribution is 2.15. The summed E-state index contributed by atoms with van der Waals surface area (Å²) < 4.78 is 5.53. The Labute approximate surface area is 108 Å². The zero-order valence-electron chi connectivity index (χ0n) is 10.6. The minimum absolute atomic E-state index is 0.0839. The van der Waals surface area contributed by atoms with Crippen LogP contribution in [0.15, 0.2) is 30.6 Å². The molecule has 0 unspecified atom stereocenters. The van der Waals surface area contributed by atoms with E-state index in [1.807, 2.05) is 0 Å². The Morgan fingerprint density at radius 2 is 2.18 bits per heavy atom. The zero-order chi connectivity index (χ0) is 12.9. The monoisotopic (exact) mass is 254 g/mol. The van der Waals surface area contributed by atoms with Gasteiger partial charge >= 0.3 is 0 Å². The van der Waals surface area contributed by atoms with Crippen LogP contribution in [0.25, 0.3) is 0 Å². The molecule has 1 heterocycles. The number of ether oxygens (including phenoxy) is 1. The number of nitrogens with zero attached hydrogens (tertiary/aromatic N) is 1. The Bertz CT molecular complexity index is 385. The normalized spacial score (nSPS) is 11.3.